The molecule has 4 heterocycles. The zero-order valence-corrected chi connectivity index (χ0v) is 69.9. The average Bonchev–Trinajstić information content (AvgIpc) is 1.57. The Morgan fingerprint density at radius 3 is 1.20 bits per heavy atom. The minimum absolute atomic E-state index is 0.348. The average molecular weight is 1670 g/mol. The maximum atomic E-state index is 10.3. The highest BCUT2D eigenvalue weighted by atomic mass is 79.9. The quantitative estimate of drug-likeness (QED) is 0.0794. The van der Waals surface area contributed by atoms with Gasteiger partial charge in [0.1, 0.15) is 5.75 Å². The first-order chi connectivity index (χ1) is 58.0. The van der Waals surface area contributed by atoms with Gasteiger partial charge in [-0.15, -0.1) is 0 Å². The lowest BCUT2D eigenvalue weighted by atomic mass is 9.79. The van der Waals surface area contributed by atoms with Crippen LogP contribution in [-0.2, 0) is 9.31 Å². The highest BCUT2D eigenvalue weighted by Gasteiger charge is 2.52. The normalized spacial score (nSPS) is 12.7. The van der Waals surface area contributed by atoms with Crippen LogP contribution in [0.5, 0.6) is 5.75 Å². The molecule has 8 nitrogen and oxygen atoms in total. The molecule has 1 N–H and O–H groups in total. The molecule has 119 heavy (non-hydrogen) atoms. The Morgan fingerprint density at radius 2 is 0.714 bits per heavy atom. The van der Waals surface area contributed by atoms with Gasteiger partial charge < -0.3 is 33.1 Å². The summed E-state index contributed by atoms with van der Waals surface area (Å²) in [7, 11) is 1.31. The van der Waals surface area contributed by atoms with Crippen molar-refractivity contribution in [2.24, 2.45) is 0 Å². The van der Waals surface area contributed by atoms with Crippen molar-refractivity contribution in [1.82, 2.24) is 13.7 Å². The van der Waals surface area contributed by atoms with Gasteiger partial charge in [-0.1, -0.05) is 287 Å². The summed E-state index contributed by atoms with van der Waals surface area (Å²) in [5.74, 6) is 0.772. The van der Waals surface area contributed by atoms with E-state index in [1.54, 1.807) is 25.3 Å². The topological polar surface area (TPSA) is 71.6 Å². The van der Waals surface area contributed by atoms with E-state index in [1.807, 2.05) is 54.6 Å². The Kier molecular flexibility index (Phi) is 22.8. The number of fused-ring (bicyclic) bond motifs is 12. The Hall–Kier alpha value is -12.7. The third-order valence-corrected chi connectivity index (χ3v) is 23.8. The lowest BCUT2D eigenvalue weighted by Crippen LogP contribution is -2.41. The van der Waals surface area contributed by atoms with Crippen LogP contribution >= 0.6 is 50.7 Å². The van der Waals surface area contributed by atoms with E-state index in [0.29, 0.717) is 15.6 Å². The van der Waals surface area contributed by atoms with Crippen molar-refractivity contribution in [3.63, 3.8) is 0 Å². The molecule has 0 aliphatic carbocycles. The molecule has 0 amide bonds. The van der Waals surface area contributed by atoms with Gasteiger partial charge in [0.15, 0.2) is 6.29 Å². The molecule has 3 aromatic heterocycles. The number of halogens is 4. The van der Waals surface area contributed by atoms with Gasteiger partial charge in [0.05, 0.1) is 51.4 Å². The van der Waals surface area contributed by atoms with E-state index in [-0.39, 0.29) is 18.3 Å². The minimum atomic E-state index is -0.364. The van der Waals surface area contributed by atoms with Crippen molar-refractivity contribution >= 4 is 168 Å². The fraction of sp³-hybridized carbons (Fsp3) is 0.0660. The lowest BCUT2D eigenvalue weighted by Gasteiger charge is -2.32. The standard InChI is InChI=1S/C26H16ClN.C25H18ClNO.C24H24BNO2.C24H19N.C7H4BrClO/c27-19-12-13-21-17(14-19)10-11-18-15-24-22-8-4-5-9-25(22)28(26(24)16-23(18)21)20-6-2-1-3-7-20;1-28-25-16-18(26)12-14-20(25)17-11-13-22-21-9-5-6-10-23(21)27(24(22)15-17)19-7-3-2-4-8-19;1-23(2)24(3,4)28-25(27-23)17-14-15-20-19-12-8-9-13-21(19)26(22(20)16-17)18-10-6-5-7-11-18;1-3-7-19(8-4-1)21-11-15-23(16-12-21)25-24-17-13-22(14-18-24)20-9-5-2-6-10-20;8-7-2-1-6(9)3-5(7)4-10/h1-16H;2-16H,1H3;5-16H,1-4H3;1-18,25H;1-4H. The number of carbonyl (C=O) groups excluding carboxylic acids is 1. The van der Waals surface area contributed by atoms with E-state index in [4.69, 9.17) is 48.8 Å². The van der Waals surface area contributed by atoms with Crippen molar-refractivity contribution in [3.05, 3.63) is 413 Å². The van der Waals surface area contributed by atoms with E-state index >= 15 is 0 Å². The van der Waals surface area contributed by atoms with E-state index in [1.165, 1.54) is 115 Å². The predicted molar refractivity (Wildman–Crippen MR) is 507 cm³/mol. The number of nitrogens with zero attached hydrogens (tertiary/aromatic N) is 3. The molecule has 13 heteroatoms. The molecular weight excluding hydrogens is 1590 g/mol. The number of nitrogens with one attached hydrogen (secondary N) is 1. The molecule has 1 aliphatic heterocycles. The molecule has 1 aliphatic rings. The predicted octanol–water partition coefficient (Wildman–Crippen LogP) is 29.6. The molecular formula is C106H81BBrCl3N4O4. The first kappa shape index (κ1) is 78.8. The van der Waals surface area contributed by atoms with Crippen molar-refractivity contribution < 1.29 is 18.8 Å². The van der Waals surface area contributed by atoms with E-state index < -0.39 is 0 Å². The van der Waals surface area contributed by atoms with Gasteiger partial charge in [-0.3, -0.25) is 4.79 Å². The first-order valence-electron chi connectivity index (χ1n) is 39.5. The van der Waals surface area contributed by atoms with Crippen LogP contribution in [0.1, 0.15) is 38.1 Å². The monoisotopic (exact) mass is 1670 g/mol. The number of aldehydes is 1. The van der Waals surface area contributed by atoms with Crippen LogP contribution in [0.3, 0.4) is 0 Å². The second-order valence-corrected chi connectivity index (χ2v) is 32.5. The number of hydrogen-bond donors (Lipinski definition) is 1. The van der Waals surface area contributed by atoms with Gasteiger partial charge >= 0.3 is 7.12 Å². The summed E-state index contributed by atoms with van der Waals surface area (Å²) in [5, 5.41) is 17.9. The highest BCUT2D eigenvalue weighted by molar-refractivity contribution is 9.10. The zero-order chi connectivity index (χ0) is 81.7. The van der Waals surface area contributed by atoms with Crippen LogP contribution in [0.25, 0.3) is 137 Å². The molecule has 580 valence electrons. The highest BCUT2D eigenvalue weighted by Crippen LogP contribution is 2.43. The Labute approximate surface area is 715 Å². The summed E-state index contributed by atoms with van der Waals surface area (Å²) in [6, 6.07) is 134. The number of anilines is 2. The summed E-state index contributed by atoms with van der Waals surface area (Å²) < 4.78 is 25.9. The molecule has 1 saturated heterocycles. The number of para-hydroxylation sites is 6. The summed E-state index contributed by atoms with van der Waals surface area (Å²) in [4.78, 5) is 10.3. The molecule has 0 atom stereocenters. The summed E-state index contributed by atoms with van der Waals surface area (Å²) in [6.07, 6.45) is 0.760. The second kappa shape index (κ2) is 34.4. The maximum absolute atomic E-state index is 10.3. The van der Waals surface area contributed by atoms with Crippen LogP contribution in [-0.4, -0.2) is 45.4 Å². The summed E-state index contributed by atoms with van der Waals surface area (Å²) in [5.41, 5.74) is 20.8. The second-order valence-electron chi connectivity index (χ2n) is 30.3. The lowest BCUT2D eigenvalue weighted by molar-refractivity contribution is 0.00578. The van der Waals surface area contributed by atoms with Crippen LogP contribution < -0.4 is 15.5 Å². The zero-order valence-electron chi connectivity index (χ0n) is 66.1. The number of benzene rings is 17. The largest absolute Gasteiger partial charge is 0.496 e. The van der Waals surface area contributed by atoms with Crippen LogP contribution in [0.2, 0.25) is 15.1 Å². The van der Waals surface area contributed by atoms with Gasteiger partial charge in [-0.2, -0.15) is 0 Å². The summed E-state index contributed by atoms with van der Waals surface area (Å²) >= 11 is 21.2. The van der Waals surface area contributed by atoms with Crippen molar-refractivity contribution in [3.8, 4) is 56.2 Å². The molecule has 1 fully saturated rings. The number of methoxy groups -OCH3 is 1. The van der Waals surface area contributed by atoms with Gasteiger partial charge in [0, 0.05) is 91.4 Å². The van der Waals surface area contributed by atoms with E-state index in [0.717, 1.165) is 60.9 Å². The molecule has 0 unspecified atom stereocenters. The third kappa shape index (κ3) is 16.4. The fourth-order valence-corrected chi connectivity index (χ4v) is 16.6. The first-order valence-corrected chi connectivity index (χ1v) is 41.4. The van der Waals surface area contributed by atoms with Crippen molar-refractivity contribution in [2.75, 3.05) is 12.4 Å². The van der Waals surface area contributed by atoms with Gasteiger partial charge in [0.25, 0.3) is 0 Å². The molecule has 17 aromatic carbocycles. The molecule has 0 spiro atoms. The number of hydrogen-bond acceptors (Lipinski definition) is 5. The van der Waals surface area contributed by atoms with Gasteiger partial charge in [0.2, 0.25) is 0 Å². The third-order valence-electron chi connectivity index (χ3n) is 22.4. The molecule has 0 bridgehead atoms. The Balaban J connectivity index is 0.000000109. The number of ether oxygens (including phenoxy) is 1. The molecule has 21 rings (SSSR count). The number of aromatic nitrogens is 3. The maximum Gasteiger partial charge on any atom is 0.494 e. The van der Waals surface area contributed by atoms with E-state index in [9.17, 15) is 4.79 Å². The Bertz CT molecular complexity index is 6970. The van der Waals surface area contributed by atoms with Crippen molar-refractivity contribution in [1.29, 1.82) is 0 Å². The smallest absolute Gasteiger partial charge is 0.494 e. The molecule has 0 saturated carbocycles. The fourth-order valence-electron chi connectivity index (χ4n) is 15.7. The molecule has 0 radical (unpaired) electrons. The van der Waals surface area contributed by atoms with Crippen LogP contribution in [0.15, 0.2) is 393 Å². The minimum Gasteiger partial charge on any atom is -0.496 e. The van der Waals surface area contributed by atoms with Crippen LogP contribution in [0, 0.1) is 0 Å². The number of rotatable bonds is 11. The Morgan fingerprint density at radius 1 is 0.336 bits per heavy atom. The SMILES string of the molecule is CC1(C)OB(c2ccc3c4ccccc4n(-c4ccccc4)c3c2)OC1(C)C.COc1cc(Cl)ccc1-c1ccc2c3ccccc3n(-c3ccccc3)c2c1.Clc1ccc2c(ccc3cc4c5ccccc5n(-c5ccccc5)c4cc32)c1.O=Cc1cc(Cl)ccc1Br.c1ccc(-c2ccc(Nc3ccc(-c4ccccc4)cc3)cc2)cc1. The molecule has 20 aromatic rings. The van der Waals surface area contributed by atoms with Crippen molar-refractivity contribution in [2.45, 2.75) is 38.9 Å². The number of carbonyl (C=O) groups is 1. The van der Waals surface area contributed by atoms with Gasteiger partial charge in [-0.05, 0) is 234 Å². The van der Waals surface area contributed by atoms with Crippen LogP contribution in [0.4, 0.5) is 11.4 Å². The van der Waals surface area contributed by atoms with Gasteiger partial charge in [-0.25, -0.2) is 0 Å². The van der Waals surface area contributed by atoms with E-state index in [2.05, 4.69) is 378 Å². The summed E-state index contributed by atoms with van der Waals surface area (Å²) in [6.45, 7) is 8.36.